The third-order valence-electron chi connectivity index (χ3n) is 3.44. The van der Waals surface area contributed by atoms with Crippen molar-refractivity contribution in [1.29, 1.82) is 0 Å². The molecule has 1 fully saturated rings. The van der Waals surface area contributed by atoms with Gasteiger partial charge in [0, 0.05) is 35.0 Å². The van der Waals surface area contributed by atoms with Crippen LogP contribution in [0.5, 0.6) is 0 Å². The quantitative estimate of drug-likeness (QED) is 0.451. The monoisotopic (exact) mass is 364 g/mol. The maximum atomic E-state index is 11.5. The van der Waals surface area contributed by atoms with Crippen LogP contribution >= 0.6 is 0 Å². The Morgan fingerprint density at radius 1 is 0.960 bits per heavy atom. The molecular weight excluding hydrogens is 340 g/mol. The molecule has 0 aromatic heterocycles. The lowest BCUT2D eigenvalue weighted by atomic mass is 9.94. The van der Waals surface area contributed by atoms with Crippen LogP contribution in [-0.2, 0) is 42.8 Å². The highest BCUT2D eigenvalue weighted by atomic mass is 16.7. The van der Waals surface area contributed by atoms with Gasteiger partial charge in [0.1, 0.15) is 12.2 Å². The van der Waals surface area contributed by atoms with Crippen LogP contribution in [0.2, 0.25) is 0 Å². The van der Waals surface area contributed by atoms with Gasteiger partial charge in [-0.3, -0.25) is 14.4 Å². The summed E-state index contributed by atoms with van der Waals surface area (Å²) in [4.78, 5) is 34.3. The normalized spacial score (nSPS) is 30.2. The van der Waals surface area contributed by atoms with Crippen LogP contribution in [0.3, 0.4) is 0 Å². The summed E-state index contributed by atoms with van der Waals surface area (Å²) in [7, 11) is 2.65. The SMILES string of the molecule is COC[C@@H](OC(C)=O)[C@H]1O[C@@H](O)[C@H](OC)[C@@H](OC(C)=O)[C@@H]1OC(C)=O. The molecule has 1 aliphatic heterocycles. The molecule has 10 heteroatoms. The summed E-state index contributed by atoms with van der Waals surface area (Å²) < 4.78 is 31.1. The van der Waals surface area contributed by atoms with Gasteiger partial charge in [0.25, 0.3) is 0 Å². The molecule has 0 spiro atoms. The molecule has 10 nitrogen and oxygen atoms in total. The average Bonchev–Trinajstić information content (AvgIpc) is 2.48. The maximum Gasteiger partial charge on any atom is 0.303 e. The number of carbonyl (C=O) groups is 3. The first kappa shape index (κ1) is 21.3. The van der Waals surface area contributed by atoms with E-state index in [0.717, 1.165) is 13.8 Å². The number of esters is 3. The lowest BCUT2D eigenvalue weighted by Crippen LogP contribution is -2.64. The summed E-state index contributed by atoms with van der Waals surface area (Å²) in [6, 6.07) is 0. The van der Waals surface area contributed by atoms with Gasteiger partial charge in [-0.15, -0.1) is 0 Å². The molecular formula is C15H24O10. The van der Waals surface area contributed by atoms with Gasteiger partial charge >= 0.3 is 17.9 Å². The Kier molecular flexibility index (Phi) is 8.23. The zero-order valence-corrected chi connectivity index (χ0v) is 14.8. The molecule has 1 saturated heterocycles. The van der Waals surface area contributed by atoms with E-state index < -0.39 is 54.7 Å². The van der Waals surface area contributed by atoms with Crippen LogP contribution in [-0.4, -0.2) is 80.7 Å². The van der Waals surface area contributed by atoms with E-state index in [0.29, 0.717) is 0 Å². The first-order chi connectivity index (χ1) is 11.7. The predicted molar refractivity (Wildman–Crippen MR) is 80.2 cm³/mol. The second-order valence-corrected chi connectivity index (χ2v) is 5.44. The Morgan fingerprint density at radius 2 is 1.52 bits per heavy atom. The topological polar surface area (TPSA) is 127 Å². The van der Waals surface area contributed by atoms with E-state index in [1.54, 1.807) is 0 Å². The minimum Gasteiger partial charge on any atom is -0.457 e. The number of carbonyl (C=O) groups excluding carboxylic acids is 3. The maximum absolute atomic E-state index is 11.5. The van der Waals surface area contributed by atoms with Crippen LogP contribution in [0.25, 0.3) is 0 Å². The first-order valence-corrected chi connectivity index (χ1v) is 7.58. The van der Waals surface area contributed by atoms with Gasteiger partial charge in [-0.1, -0.05) is 0 Å². The number of methoxy groups -OCH3 is 2. The zero-order valence-electron chi connectivity index (χ0n) is 14.8. The molecule has 0 saturated carbocycles. The van der Waals surface area contributed by atoms with Gasteiger partial charge in [-0.05, 0) is 0 Å². The van der Waals surface area contributed by atoms with Crippen molar-refractivity contribution < 1.29 is 47.9 Å². The molecule has 0 aromatic rings. The standard InChI is InChI=1S/C15H24O10/c1-7(16)22-10(6-20-4)11-12(23-8(2)17)13(24-9(3)18)14(21-5)15(19)25-11/h10-15,19H,6H2,1-5H3/t10-,11-,12-,13+,14-,15-/m1/s1. The molecule has 0 radical (unpaired) electrons. The van der Waals surface area contributed by atoms with Crippen LogP contribution in [0.4, 0.5) is 0 Å². The molecule has 0 unspecified atom stereocenters. The Labute approximate surface area is 145 Å². The number of ether oxygens (including phenoxy) is 6. The van der Waals surface area contributed by atoms with Crippen molar-refractivity contribution in [3.05, 3.63) is 0 Å². The van der Waals surface area contributed by atoms with E-state index in [1.807, 2.05) is 0 Å². The van der Waals surface area contributed by atoms with Crippen molar-refractivity contribution in [2.24, 2.45) is 0 Å². The third kappa shape index (κ3) is 5.92. The summed E-state index contributed by atoms with van der Waals surface area (Å²) in [6.07, 6.45) is -7.13. The molecule has 144 valence electrons. The van der Waals surface area contributed by atoms with Gasteiger partial charge in [0.15, 0.2) is 24.6 Å². The predicted octanol–water partition coefficient (Wildman–Crippen LogP) is -0.840. The van der Waals surface area contributed by atoms with E-state index in [2.05, 4.69) is 0 Å². The summed E-state index contributed by atoms with van der Waals surface area (Å²) in [6.45, 7) is 3.41. The minimum absolute atomic E-state index is 0.0980. The molecule has 0 amide bonds. The number of hydrogen-bond donors (Lipinski definition) is 1. The fourth-order valence-electron chi connectivity index (χ4n) is 2.63. The minimum atomic E-state index is -1.51. The summed E-state index contributed by atoms with van der Waals surface area (Å²) >= 11 is 0. The molecule has 0 aliphatic carbocycles. The van der Waals surface area contributed by atoms with Crippen molar-refractivity contribution in [3.8, 4) is 0 Å². The molecule has 6 atom stereocenters. The van der Waals surface area contributed by atoms with Crippen molar-refractivity contribution in [2.45, 2.75) is 57.6 Å². The molecule has 1 heterocycles. The summed E-state index contributed by atoms with van der Waals surface area (Å²) in [5.41, 5.74) is 0. The van der Waals surface area contributed by atoms with Crippen molar-refractivity contribution in [1.82, 2.24) is 0 Å². The van der Waals surface area contributed by atoms with E-state index >= 15 is 0 Å². The first-order valence-electron chi connectivity index (χ1n) is 7.58. The van der Waals surface area contributed by atoms with Gasteiger partial charge in [0.2, 0.25) is 0 Å². The van der Waals surface area contributed by atoms with Crippen molar-refractivity contribution in [3.63, 3.8) is 0 Å². The Bertz CT molecular complexity index is 479. The highest BCUT2D eigenvalue weighted by Crippen LogP contribution is 2.30. The average molecular weight is 364 g/mol. The van der Waals surface area contributed by atoms with Gasteiger partial charge in [-0.25, -0.2) is 0 Å². The van der Waals surface area contributed by atoms with Crippen LogP contribution in [0.1, 0.15) is 20.8 Å². The molecule has 1 rings (SSSR count). The fourth-order valence-corrected chi connectivity index (χ4v) is 2.63. The molecule has 25 heavy (non-hydrogen) atoms. The summed E-state index contributed by atoms with van der Waals surface area (Å²) in [5.74, 6) is -1.98. The van der Waals surface area contributed by atoms with Crippen LogP contribution < -0.4 is 0 Å². The molecule has 0 aromatic carbocycles. The number of hydrogen-bond acceptors (Lipinski definition) is 10. The largest absolute Gasteiger partial charge is 0.457 e. The van der Waals surface area contributed by atoms with E-state index in [4.69, 9.17) is 28.4 Å². The van der Waals surface area contributed by atoms with E-state index in [9.17, 15) is 19.5 Å². The number of rotatable bonds is 7. The smallest absolute Gasteiger partial charge is 0.303 e. The second-order valence-electron chi connectivity index (χ2n) is 5.44. The Balaban J connectivity index is 3.23. The second kappa shape index (κ2) is 9.66. The molecule has 0 bridgehead atoms. The van der Waals surface area contributed by atoms with Crippen LogP contribution in [0, 0.1) is 0 Å². The fraction of sp³-hybridized carbons (Fsp3) is 0.800. The lowest BCUT2D eigenvalue weighted by Gasteiger charge is -2.44. The highest BCUT2D eigenvalue weighted by molar-refractivity contribution is 5.68. The number of aliphatic hydroxyl groups is 1. The number of aliphatic hydroxyl groups excluding tert-OH is 1. The van der Waals surface area contributed by atoms with Gasteiger partial charge < -0.3 is 33.5 Å². The van der Waals surface area contributed by atoms with Gasteiger partial charge in [0.05, 0.1) is 6.61 Å². The Hall–Kier alpha value is -1.75. The van der Waals surface area contributed by atoms with Gasteiger partial charge in [-0.2, -0.15) is 0 Å². The van der Waals surface area contributed by atoms with Crippen LogP contribution in [0.15, 0.2) is 0 Å². The zero-order chi connectivity index (χ0) is 19.1. The van der Waals surface area contributed by atoms with Crippen molar-refractivity contribution >= 4 is 17.9 Å². The van der Waals surface area contributed by atoms with Crippen molar-refractivity contribution in [2.75, 3.05) is 20.8 Å². The van der Waals surface area contributed by atoms with E-state index in [-0.39, 0.29) is 6.61 Å². The lowest BCUT2D eigenvalue weighted by molar-refractivity contribution is -0.308. The Morgan fingerprint density at radius 3 is 1.96 bits per heavy atom. The highest BCUT2D eigenvalue weighted by Gasteiger charge is 2.53. The van der Waals surface area contributed by atoms with E-state index in [1.165, 1.54) is 21.1 Å². The molecule has 1 aliphatic rings. The third-order valence-corrected chi connectivity index (χ3v) is 3.44. The molecule has 1 N–H and O–H groups in total. The summed E-state index contributed by atoms with van der Waals surface area (Å²) in [5, 5.41) is 10.2.